The Labute approximate surface area is 140 Å². The molecule has 1 aliphatic heterocycles. The lowest BCUT2D eigenvalue weighted by Gasteiger charge is -2.26. The highest BCUT2D eigenvalue weighted by atomic mass is 35.5. The molecular formula is C16H21ClN2O4. The number of aliphatic carboxylic acids is 1. The number of carbonyl (C=O) groups is 2. The van der Waals surface area contributed by atoms with Crippen molar-refractivity contribution in [3.05, 3.63) is 29.3 Å². The summed E-state index contributed by atoms with van der Waals surface area (Å²) in [5.41, 5.74) is 0.121. The van der Waals surface area contributed by atoms with Crippen LogP contribution in [-0.4, -0.2) is 46.3 Å². The maximum absolute atomic E-state index is 12.2. The van der Waals surface area contributed by atoms with Gasteiger partial charge >= 0.3 is 12.1 Å². The SMILES string of the molecule is CC(C)(C)OC(=O)N1CC(Nc2cccc(Cl)c2)CC1C(=O)O. The molecule has 1 heterocycles. The summed E-state index contributed by atoms with van der Waals surface area (Å²) >= 11 is 5.94. The zero-order valence-corrected chi connectivity index (χ0v) is 14.1. The molecule has 0 aliphatic carbocycles. The van der Waals surface area contributed by atoms with Crippen molar-refractivity contribution >= 4 is 29.4 Å². The van der Waals surface area contributed by atoms with Gasteiger partial charge in [0.2, 0.25) is 0 Å². The monoisotopic (exact) mass is 340 g/mol. The highest BCUT2D eigenvalue weighted by Crippen LogP contribution is 2.25. The number of nitrogens with one attached hydrogen (secondary N) is 1. The van der Waals surface area contributed by atoms with Crippen LogP contribution in [0.25, 0.3) is 0 Å². The van der Waals surface area contributed by atoms with Gasteiger partial charge in [0.1, 0.15) is 11.6 Å². The van der Waals surface area contributed by atoms with Gasteiger partial charge in [-0.3, -0.25) is 4.90 Å². The van der Waals surface area contributed by atoms with Crippen LogP contribution in [0.2, 0.25) is 5.02 Å². The number of anilines is 1. The maximum atomic E-state index is 12.2. The van der Waals surface area contributed by atoms with Crippen molar-refractivity contribution in [3.63, 3.8) is 0 Å². The summed E-state index contributed by atoms with van der Waals surface area (Å²) in [4.78, 5) is 24.9. The number of hydrogen-bond donors (Lipinski definition) is 2. The Hall–Kier alpha value is -1.95. The molecule has 0 spiro atoms. The molecule has 1 aliphatic rings. The highest BCUT2D eigenvalue weighted by Gasteiger charge is 2.41. The van der Waals surface area contributed by atoms with E-state index >= 15 is 0 Å². The van der Waals surface area contributed by atoms with Crippen LogP contribution in [0, 0.1) is 0 Å². The largest absolute Gasteiger partial charge is 0.480 e. The number of benzene rings is 1. The van der Waals surface area contributed by atoms with Gasteiger partial charge in [-0.25, -0.2) is 9.59 Å². The van der Waals surface area contributed by atoms with Gasteiger partial charge in [-0.1, -0.05) is 17.7 Å². The highest BCUT2D eigenvalue weighted by molar-refractivity contribution is 6.30. The van der Waals surface area contributed by atoms with Crippen molar-refractivity contribution in [2.45, 2.75) is 44.9 Å². The molecule has 1 amide bonds. The predicted octanol–water partition coefficient (Wildman–Crippen LogP) is 3.21. The molecule has 2 unspecified atom stereocenters. The summed E-state index contributed by atoms with van der Waals surface area (Å²) in [5.74, 6) is -1.04. The Bertz CT molecular complexity index is 600. The normalized spacial score (nSPS) is 21.1. The molecule has 0 saturated carbocycles. The third-order valence-corrected chi connectivity index (χ3v) is 3.64. The van der Waals surface area contributed by atoms with E-state index in [1.54, 1.807) is 39.0 Å². The number of likely N-dealkylation sites (tertiary alicyclic amines) is 1. The van der Waals surface area contributed by atoms with Gasteiger partial charge in [0.15, 0.2) is 0 Å². The summed E-state index contributed by atoms with van der Waals surface area (Å²) in [6, 6.07) is 6.09. The summed E-state index contributed by atoms with van der Waals surface area (Å²) < 4.78 is 5.29. The predicted molar refractivity (Wildman–Crippen MR) is 87.8 cm³/mol. The minimum Gasteiger partial charge on any atom is -0.480 e. The lowest BCUT2D eigenvalue weighted by molar-refractivity contribution is -0.142. The number of halogens is 1. The lowest BCUT2D eigenvalue weighted by Crippen LogP contribution is -2.43. The molecule has 2 N–H and O–H groups in total. The lowest BCUT2D eigenvalue weighted by atomic mass is 10.1. The minimum atomic E-state index is -1.04. The molecule has 6 nitrogen and oxygen atoms in total. The second-order valence-corrected chi connectivity index (χ2v) is 7.01. The Morgan fingerprint density at radius 3 is 2.65 bits per heavy atom. The van der Waals surface area contributed by atoms with Crippen LogP contribution in [0.15, 0.2) is 24.3 Å². The fourth-order valence-electron chi connectivity index (χ4n) is 2.51. The second-order valence-electron chi connectivity index (χ2n) is 6.57. The number of nitrogens with zero attached hydrogens (tertiary/aromatic N) is 1. The number of carboxylic acid groups (broad SMARTS) is 1. The van der Waals surface area contributed by atoms with E-state index in [1.165, 1.54) is 4.90 Å². The molecule has 0 aromatic heterocycles. The van der Waals surface area contributed by atoms with Crippen molar-refractivity contribution < 1.29 is 19.4 Å². The van der Waals surface area contributed by atoms with Crippen LogP contribution in [0.4, 0.5) is 10.5 Å². The molecule has 0 bridgehead atoms. The first-order valence-electron chi connectivity index (χ1n) is 7.40. The van der Waals surface area contributed by atoms with Crippen molar-refractivity contribution in [1.29, 1.82) is 0 Å². The third kappa shape index (κ3) is 4.76. The van der Waals surface area contributed by atoms with Crippen LogP contribution in [-0.2, 0) is 9.53 Å². The zero-order chi connectivity index (χ0) is 17.2. The van der Waals surface area contributed by atoms with Gasteiger partial charge in [-0.15, -0.1) is 0 Å². The van der Waals surface area contributed by atoms with Crippen LogP contribution >= 0.6 is 11.6 Å². The molecule has 7 heteroatoms. The van der Waals surface area contributed by atoms with Gasteiger partial charge < -0.3 is 15.2 Å². The fraction of sp³-hybridized carbons (Fsp3) is 0.500. The quantitative estimate of drug-likeness (QED) is 0.883. The van der Waals surface area contributed by atoms with E-state index < -0.39 is 23.7 Å². The van der Waals surface area contributed by atoms with Crippen molar-refractivity contribution in [2.75, 3.05) is 11.9 Å². The molecule has 0 radical (unpaired) electrons. The van der Waals surface area contributed by atoms with Crippen molar-refractivity contribution in [1.82, 2.24) is 4.90 Å². The molecule has 1 aromatic rings. The van der Waals surface area contributed by atoms with Crippen LogP contribution in [0.5, 0.6) is 0 Å². The summed E-state index contributed by atoms with van der Waals surface area (Å²) in [7, 11) is 0. The average molecular weight is 341 g/mol. The number of ether oxygens (including phenoxy) is 1. The Balaban J connectivity index is 2.08. The molecule has 1 aromatic carbocycles. The Morgan fingerprint density at radius 2 is 2.09 bits per heavy atom. The molecular weight excluding hydrogens is 320 g/mol. The Kier molecular flexibility index (Phi) is 5.04. The van der Waals surface area contributed by atoms with E-state index in [9.17, 15) is 14.7 Å². The van der Waals surface area contributed by atoms with E-state index in [0.717, 1.165) is 5.69 Å². The smallest absolute Gasteiger partial charge is 0.411 e. The van der Waals surface area contributed by atoms with Gasteiger partial charge in [0.25, 0.3) is 0 Å². The van der Waals surface area contributed by atoms with Crippen molar-refractivity contribution in [3.8, 4) is 0 Å². The molecule has 2 rings (SSSR count). The van der Waals surface area contributed by atoms with Crippen LogP contribution in [0.3, 0.4) is 0 Å². The summed E-state index contributed by atoms with van der Waals surface area (Å²) in [5, 5.41) is 13.2. The van der Waals surface area contributed by atoms with E-state index in [-0.39, 0.29) is 12.6 Å². The number of amides is 1. The van der Waals surface area contributed by atoms with Crippen LogP contribution in [0.1, 0.15) is 27.2 Å². The first-order chi connectivity index (χ1) is 10.7. The van der Waals surface area contributed by atoms with Gasteiger partial charge in [0, 0.05) is 29.7 Å². The average Bonchev–Trinajstić information content (AvgIpc) is 2.81. The van der Waals surface area contributed by atoms with Crippen LogP contribution < -0.4 is 5.32 Å². The topological polar surface area (TPSA) is 78.9 Å². The standard InChI is InChI=1S/C16H21ClN2O4/c1-16(2,3)23-15(22)19-9-12(8-13(19)14(20)21)18-11-6-4-5-10(17)7-11/h4-7,12-13,18H,8-9H2,1-3H3,(H,20,21). The summed E-state index contributed by atoms with van der Waals surface area (Å²) in [6.07, 6.45) is -0.304. The number of carbonyl (C=O) groups excluding carboxylic acids is 1. The molecule has 126 valence electrons. The van der Waals surface area contributed by atoms with Gasteiger partial charge in [0.05, 0.1) is 0 Å². The number of rotatable bonds is 3. The maximum Gasteiger partial charge on any atom is 0.411 e. The second kappa shape index (κ2) is 6.66. The molecule has 1 saturated heterocycles. The van der Waals surface area contributed by atoms with Gasteiger partial charge in [-0.05, 0) is 39.0 Å². The van der Waals surface area contributed by atoms with E-state index in [4.69, 9.17) is 16.3 Å². The summed E-state index contributed by atoms with van der Waals surface area (Å²) in [6.45, 7) is 5.51. The van der Waals surface area contributed by atoms with Gasteiger partial charge in [-0.2, -0.15) is 0 Å². The molecule has 23 heavy (non-hydrogen) atoms. The van der Waals surface area contributed by atoms with E-state index in [0.29, 0.717) is 11.4 Å². The molecule has 2 atom stereocenters. The fourth-order valence-corrected chi connectivity index (χ4v) is 2.70. The number of carboxylic acids is 1. The first-order valence-corrected chi connectivity index (χ1v) is 7.78. The van der Waals surface area contributed by atoms with E-state index in [1.807, 2.05) is 6.07 Å². The molecule has 1 fully saturated rings. The number of hydrogen-bond acceptors (Lipinski definition) is 4. The van der Waals surface area contributed by atoms with E-state index in [2.05, 4.69) is 5.32 Å². The Morgan fingerprint density at radius 1 is 1.39 bits per heavy atom. The minimum absolute atomic E-state index is 0.179. The van der Waals surface area contributed by atoms with Crippen molar-refractivity contribution in [2.24, 2.45) is 0 Å². The third-order valence-electron chi connectivity index (χ3n) is 3.41. The first kappa shape index (κ1) is 17.4. The zero-order valence-electron chi connectivity index (χ0n) is 13.4.